The minimum atomic E-state index is 0.376. The molecule has 1 aliphatic rings. The van der Waals surface area contributed by atoms with Crippen LogP contribution >= 0.6 is 11.3 Å². The Balaban J connectivity index is 1.64. The average molecular weight is 278 g/mol. The van der Waals surface area contributed by atoms with Gasteiger partial charge < -0.3 is 9.15 Å². The minimum absolute atomic E-state index is 0.376. The van der Waals surface area contributed by atoms with Gasteiger partial charge in [0.25, 0.3) is 0 Å². The average Bonchev–Trinajstić information content (AvgIpc) is 3.09. The van der Waals surface area contributed by atoms with Crippen LogP contribution in [-0.4, -0.2) is 36.2 Å². The van der Waals surface area contributed by atoms with Crippen molar-refractivity contribution in [3.63, 3.8) is 0 Å². The second-order valence-electron chi connectivity index (χ2n) is 4.89. The Labute approximate surface area is 117 Å². The van der Waals surface area contributed by atoms with E-state index in [0.717, 1.165) is 35.9 Å². The lowest BCUT2D eigenvalue weighted by atomic mass is 10.1. The van der Waals surface area contributed by atoms with Crippen LogP contribution in [0.5, 0.6) is 0 Å². The molecule has 0 N–H and O–H groups in total. The molecule has 3 rings (SSSR count). The van der Waals surface area contributed by atoms with Crippen molar-refractivity contribution >= 4 is 11.3 Å². The monoisotopic (exact) mass is 278 g/mol. The minimum Gasteiger partial charge on any atom is -0.472 e. The van der Waals surface area contributed by atoms with E-state index in [1.807, 2.05) is 6.07 Å². The van der Waals surface area contributed by atoms with Crippen molar-refractivity contribution < 1.29 is 9.15 Å². The normalized spacial score (nSPS) is 20.8. The van der Waals surface area contributed by atoms with E-state index in [1.165, 1.54) is 12.8 Å². The molecule has 1 aliphatic heterocycles. The van der Waals surface area contributed by atoms with Gasteiger partial charge in [0.05, 0.1) is 18.1 Å². The van der Waals surface area contributed by atoms with E-state index >= 15 is 0 Å². The molecule has 0 bridgehead atoms. The molecule has 4 nitrogen and oxygen atoms in total. The Bertz CT molecular complexity index is 509. The first-order chi connectivity index (χ1) is 9.35. The van der Waals surface area contributed by atoms with E-state index in [0.29, 0.717) is 6.10 Å². The van der Waals surface area contributed by atoms with Crippen LogP contribution in [0.15, 0.2) is 28.4 Å². The molecule has 0 unspecified atom stereocenters. The van der Waals surface area contributed by atoms with Gasteiger partial charge >= 0.3 is 0 Å². The fourth-order valence-corrected chi connectivity index (χ4v) is 3.27. The third-order valence-electron chi connectivity index (χ3n) is 3.50. The molecule has 3 heterocycles. The summed E-state index contributed by atoms with van der Waals surface area (Å²) in [5.41, 5.74) is 2.20. The zero-order valence-electron chi connectivity index (χ0n) is 11.0. The number of likely N-dealkylation sites (tertiary alicyclic amines) is 1. The topological polar surface area (TPSA) is 38.5 Å². The highest BCUT2D eigenvalue weighted by Crippen LogP contribution is 2.25. The Morgan fingerprint density at radius 3 is 3.32 bits per heavy atom. The van der Waals surface area contributed by atoms with Crippen LogP contribution in [0.2, 0.25) is 0 Å². The molecule has 0 amide bonds. The third-order valence-corrected chi connectivity index (χ3v) is 4.44. The number of rotatable bonds is 4. The van der Waals surface area contributed by atoms with E-state index in [-0.39, 0.29) is 0 Å². The standard InChI is InChI=1S/C14H18N2O2S/c1-17-13-3-2-5-16(8-13)7-12-10-19-14(15-12)11-4-6-18-9-11/h4,6,9-10,13H,2-3,5,7-8H2,1H3/t13-/m0/s1. The van der Waals surface area contributed by atoms with E-state index < -0.39 is 0 Å². The Morgan fingerprint density at radius 1 is 1.58 bits per heavy atom. The molecule has 0 saturated carbocycles. The first kappa shape index (κ1) is 12.8. The van der Waals surface area contributed by atoms with Gasteiger partial charge in [0, 0.05) is 31.1 Å². The summed E-state index contributed by atoms with van der Waals surface area (Å²) in [7, 11) is 1.80. The fraction of sp³-hybridized carbons (Fsp3) is 0.500. The summed E-state index contributed by atoms with van der Waals surface area (Å²) in [6.07, 6.45) is 6.18. The van der Waals surface area contributed by atoms with Crippen LogP contribution in [0.3, 0.4) is 0 Å². The summed E-state index contributed by atoms with van der Waals surface area (Å²) in [4.78, 5) is 7.10. The number of hydrogen-bond acceptors (Lipinski definition) is 5. The van der Waals surface area contributed by atoms with E-state index in [2.05, 4.69) is 15.3 Å². The van der Waals surface area contributed by atoms with Crippen LogP contribution in [-0.2, 0) is 11.3 Å². The summed E-state index contributed by atoms with van der Waals surface area (Å²) < 4.78 is 10.5. The molecule has 2 aromatic heterocycles. The molecule has 2 aromatic rings. The quantitative estimate of drug-likeness (QED) is 0.861. The van der Waals surface area contributed by atoms with Gasteiger partial charge in [-0.1, -0.05) is 0 Å². The molecule has 5 heteroatoms. The van der Waals surface area contributed by atoms with Crippen molar-refractivity contribution in [1.29, 1.82) is 0 Å². The fourth-order valence-electron chi connectivity index (χ4n) is 2.48. The number of thiazole rings is 1. The first-order valence-corrected chi connectivity index (χ1v) is 7.45. The number of piperidine rings is 1. The van der Waals surface area contributed by atoms with Crippen LogP contribution in [0.1, 0.15) is 18.5 Å². The molecule has 0 aromatic carbocycles. The van der Waals surface area contributed by atoms with Gasteiger partial charge in [0.1, 0.15) is 11.3 Å². The predicted molar refractivity (Wildman–Crippen MR) is 75.1 cm³/mol. The molecular weight excluding hydrogens is 260 g/mol. The lowest BCUT2D eigenvalue weighted by Gasteiger charge is -2.31. The number of nitrogens with zero attached hydrogens (tertiary/aromatic N) is 2. The molecule has 0 radical (unpaired) electrons. The molecule has 0 spiro atoms. The van der Waals surface area contributed by atoms with Crippen molar-refractivity contribution in [3.8, 4) is 10.6 Å². The lowest BCUT2D eigenvalue weighted by Crippen LogP contribution is -2.38. The van der Waals surface area contributed by atoms with Gasteiger partial charge in [-0.15, -0.1) is 11.3 Å². The summed E-state index contributed by atoms with van der Waals surface area (Å²) in [6, 6.07) is 1.95. The van der Waals surface area contributed by atoms with Crippen LogP contribution in [0.25, 0.3) is 10.6 Å². The van der Waals surface area contributed by atoms with Crippen LogP contribution in [0, 0.1) is 0 Å². The maximum Gasteiger partial charge on any atom is 0.126 e. The van der Waals surface area contributed by atoms with Crippen molar-refractivity contribution in [2.24, 2.45) is 0 Å². The summed E-state index contributed by atoms with van der Waals surface area (Å²) >= 11 is 1.67. The predicted octanol–water partition coefficient (Wildman–Crippen LogP) is 3.01. The Kier molecular flexibility index (Phi) is 3.96. The van der Waals surface area contributed by atoms with Crippen LogP contribution in [0.4, 0.5) is 0 Å². The Hall–Kier alpha value is -1.17. The number of hydrogen-bond donors (Lipinski definition) is 0. The molecule has 102 valence electrons. The van der Waals surface area contributed by atoms with Gasteiger partial charge in [-0.05, 0) is 25.5 Å². The number of ether oxygens (including phenoxy) is 1. The van der Waals surface area contributed by atoms with Gasteiger partial charge in [0.15, 0.2) is 0 Å². The zero-order valence-corrected chi connectivity index (χ0v) is 11.9. The molecule has 0 aliphatic carbocycles. The lowest BCUT2D eigenvalue weighted by molar-refractivity contribution is 0.0282. The highest BCUT2D eigenvalue weighted by Gasteiger charge is 2.20. The van der Waals surface area contributed by atoms with Crippen molar-refractivity contribution in [2.75, 3.05) is 20.2 Å². The van der Waals surface area contributed by atoms with E-state index in [9.17, 15) is 0 Å². The second kappa shape index (κ2) is 5.86. The highest BCUT2D eigenvalue weighted by atomic mass is 32.1. The summed E-state index contributed by atoms with van der Waals surface area (Å²) in [5, 5.41) is 3.17. The summed E-state index contributed by atoms with van der Waals surface area (Å²) in [5.74, 6) is 0. The largest absolute Gasteiger partial charge is 0.472 e. The highest BCUT2D eigenvalue weighted by molar-refractivity contribution is 7.13. The molecule has 1 fully saturated rings. The first-order valence-electron chi connectivity index (χ1n) is 6.57. The van der Waals surface area contributed by atoms with Gasteiger partial charge in [-0.25, -0.2) is 4.98 Å². The summed E-state index contributed by atoms with van der Waals surface area (Å²) in [6.45, 7) is 3.06. The zero-order chi connectivity index (χ0) is 13.1. The number of aromatic nitrogens is 1. The maximum atomic E-state index is 5.45. The van der Waals surface area contributed by atoms with Gasteiger partial charge in [0.2, 0.25) is 0 Å². The van der Waals surface area contributed by atoms with Crippen molar-refractivity contribution in [3.05, 3.63) is 29.7 Å². The maximum absolute atomic E-state index is 5.45. The van der Waals surface area contributed by atoms with Crippen molar-refractivity contribution in [2.45, 2.75) is 25.5 Å². The third kappa shape index (κ3) is 3.05. The van der Waals surface area contributed by atoms with Gasteiger partial charge in [-0.3, -0.25) is 4.90 Å². The molecule has 19 heavy (non-hydrogen) atoms. The second-order valence-corrected chi connectivity index (χ2v) is 5.75. The molecule has 1 saturated heterocycles. The van der Waals surface area contributed by atoms with Crippen molar-refractivity contribution in [1.82, 2.24) is 9.88 Å². The molecule has 1 atom stereocenters. The number of methoxy groups -OCH3 is 1. The van der Waals surface area contributed by atoms with Crippen LogP contribution < -0.4 is 0 Å². The number of furan rings is 1. The van der Waals surface area contributed by atoms with Gasteiger partial charge in [-0.2, -0.15) is 0 Å². The Morgan fingerprint density at radius 2 is 2.53 bits per heavy atom. The van der Waals surface area contributed by atoms with E-state index in [1.54, 1.807) is 31.0 Å². The molecular formula is C14H18N2O2S. The smallest absolute Gasteiger partial charge is 0.126 e. The van der Waals surface area contributed by atoms with E-state index in [4.69, 9.17) is 9.15 Å². The SMILES string of the molecule is CO[C@H]1CCCN(Cc2csc(-c3ccoc3)n2)C1.